The van der Waals surface area contributed by atoms with Crippen molar-refractivity contribution in [2.75, 3.05) is 11.4 Å². The lowest BCUT2D eigenvalue weighted by Crippen LogP contribution is -2.30. The maximum Gasteiger partial charge on any atom is 0.186 e. The highest BCUT2D eigenvalue weighted by Crippen LogP contribution is 2.28. The third-order valence-electron chi connectivity index (χ3n) is 5.31. The molecule has 5 nitrogen and oxygen atoms in total. The number of rotatable bonds is 5. The smallest absolute Gasteiger partial charge is 0.186 e. The van der Waals surface area contributed by atoms with Crippen molar-refractivity contribution in [2.24, 2.45) is 0 Å². The van der Waals surface area contributed by atoms with Crippen LogP contribution in [0.15, 0.2) is 59.3 Å². The Morgan fingerprint density at radius 3 is 2.81 bits per heavy atom. The Balaban J connectivity index is 1.41. The van der Waals surface area contributed by atoms with E-state index in [0.717, 1.165) is 42.2 Å². The zero-order valence-corrected chi connectivity index (χ0v) is 15.8. The van der Waals surface area contributed by atoms with E-state index in [-0.39, 0.29) is 0 Å². The number of thiophene rings is 1. The van der Waals surface area contributed by atoms with Crippen LogP contribution in [-0.4, -0.2) is 32.4 Å². The van der Waals surface area contributed by atoms with Gasteiger partial charge in [-0.15, -0.1) is 15.3 Å². The molecular formula is C21H21N5S. The summed E-state index contributed by atoms with van der Waals surface area (Å²) in [6.07, 6.45) is 4.71. The fraction of sp³-hybridized carbons (Fsp3) is 0.286. The molecule has 0 radical (unpaired) electrons. The molecule has 5 rings (SSSR count). The largest absolute Gasteiger partial charge is 0.352 e. The van der Waals surface area contributed by atoms with Crippen LogP contribution in [0.25, 0.3) is 17.0 Å². The summed E-state index contributed by atoms with van der Waals surface area (Å²) in [5, 5.41) is 17.7. The Bertz CT molecular complexity index is 1030. The van der Waals surface area contributed by atoms with Crippen LogP contribution in [0.5, 0.6) is 0 Å². The Hall–Kier alpha value is -2.73. The second-order valence-corrected chi connectivity index (χ2v) is 7.79. The maximum absolute atomic E-state index is 4.90. The molecule has 0 spiro atoms. The van der Waals surface area contributed by atoms with Crippen molar-refractivity contribution in [2.45, 2.75) is 31.7 Å². The van der Waals surface area contributed by atoms with Crippen LogP contribution in [0.1, 0.15) is 24.8 Å². The van der Waals surface area contributed by atoms with Gasteiger partial charge in [0.2, 0.25) is 0 Å². The highest BCUT2D eigenvalue weighted by molar-refractivity contribution is 7.08. The van der Waals surface area contributed by atoms with E-state index in [1.807, 2.05) is 10.6 Å². The summed E-state index contributed by atoms with van der Waals surface area (Å²) in [6, 6.07) is 17.5. The van der Waals surface area contributed by atoms with Gasteiger partial charge in [-0.25, -0.2) is 0 Å². The summed E-state index contributed by atoms with van der Waals surface area (Å²) >= 11 is 1.66. The van der Waals surface area contributed by atoms with E-state index in [4.69, 9.17) is 5.10 Å². The summed E-state index contributed by atoms with van der Waals surface area (Å²) in [4.78, 5) is 2.46. The van der Waals surface area contributed by atoms with Gasteiger partial charge < -0.3 is 4.90 Å². The Morgan fingerprint density at radius 2 is 1.96 bits per heavy atom. The number of fused-ring (bicyclic) bond motifs is 1. The molecule has 0 aliphatic carbocycles. The second kappa shape index (κ2) is 7.12. The Kier molecular flexibility index (Phi) is 4.33. The summed E-state index contributed by atoms with van der Waals surface area (Å²) in [7, 11) is 0. The molecule has 0 amide bonds. The second-order valence-electron chi connectivity index (χ2n) is 7.01. The van der Waals surface area contributed by atoms with Crippen LogP contribution in [-0.2, 0) is 6.42 Å². The lowest BCUT2D eigenvalue weighted by molar-refractivity contribution is 0.603. The first-order valence-corrected chi connectivity index (χ1v) is 10.4. The predicted octanol–water partition coefficient (Wildman–Crippen LogP) is 4.45. The normalized spacial score (nSPS) is 17.0. The van der Waals surface area contributed by atoms with Crippen molar-refractivity contribution in [3.8, 4) is 11.4 Å². The highest BCUT2D eigenvalue weighted by Gasteiger charge is 2.26. The first-order valence-electron chi connectivity index (χ1n) is 9.44. The summed E-state index contributed by atoms with van der Waals surface area (Å²) in [5.74, 6) is 1.84. The number of anilines is 1. The van der Waals surface area contributed by atoms with E-state index >= 15 is 0 Å². The minimum absolute atomic E-state index is 0.538. The molecule has 1 atom stereocenters. The van der Waals surface area contributed by atoms with Crippen molar-refractivity contribution in [3.05, 3.63) is 64.9 Å². The van der Waals surface area contributed by atoms with Crippen molar-refractivity contribution in [3.63, 3.8) is 0 Å². The van der Waals surface area contributed by atoms with E-state index < -0.39 is 0 Å². The fourth-order valence-corrected chi connectivity index (χ4v) is 4.55. The molecule has 0 N–H and O–H groups in total. The highest BCUT2D eigenvalue weighted by atomic mass is 32.1. The van der Waals surface area contributed by atoms with Gasteiger partial charge in [0.25, 0.3) is 0 Å². The molecule has 4 heterocycles. The maximum atomic E-state index is 4.90. The lowest BCUT2D eigenvalue weighted by Gasteiger charge is -2.25. The molecule has 1 unspecified atom stereocenters. The summed E-state index contributed by atoms with van der Waals surface area (Å²) in [5.41, 5.74) is 3.27. The molecular weight excluding hydrogens is 354 g/mol. The van der Waals surface area contributed by atoms with Crippen LogP contribution < -0.4 is 4.90 Å². The van der Waals surface area contributed by atoms with E-state index in [1.165, 1.54) is 18.4 Å². The molecule has 1 fully saturated rings. The van der Waals surface area contributed by atoms with Gasteiger partial charge in [-0.05, 0) is 54.8 Å². The first kappa shape index (κ1) is 16.4. The topological polar surface area (TPSA) is 46.3 Å². The van der Waals surface area contributed by atoms with Crippen LogP contribution in [0.4, 0.5) is 5.82 Å². The first-order chi connectivity index (χ1) is 13.4. The zero-order valence-electron chi connectivity index (χ0n) is 15.0. The van der Waals surface area contributed by atoms with Gasteiger partial charge in [-0.1, -0.05) is 30.3 Å². The minimum Gasteiger partial charge on any atom is -0.352 e. The van der Waals surface area contributed by atoms with Gasteiger partial charge in [0.1, 0.15) is 5.82 Å². The molecule has 4 aromatic rings. The van der Waals surface area contributed by atoms with Crippen LogP contribution >= 0.6 is 11.3 Å². The van der Waals surface area contributed by atoms with Gasteiger partial charge in [0.05, 0.1) is 0 Å². The number of aryl methyl sites for hydroxylation is 1. The van der Waals surface area contributed by atoms with Gasteiger partial charge in [-0.3, -0.25) is 0 Å². The quantitative estimate of drug-likeness (QED) is 0.517. The SMILES string of the molecule is c1ccc(CCC2CCCN2c2ccc3nnc(-c4ccsc4)n3n2)cc1. The van der Waals surface area contributed by atoms with Crippen molar-refractivity contribution < 1.29 is 0 Å². The zero-order chi connectivity index (χ0) is 18.1. The molecule has 1 aliphatic rings. The number of nitrogens with zero attached hydrogens (tertiary/aromatic N) is 5. The number of hydrogen-bond donors (Lipinski definition) is 0. The van der Waals surface area contributed by atoms with Crippen molar-refractivity contribution in [1.29, 1.82) is 0 Å². The molecule has 27 heavy (non-hydrogen) atoms. The van der Waals surface area contributed by atoms with Crippen LogP contribution in [0.2, 0.25) is 0 Å². The molecule has 3 aromatic heterocycles. The molecule has 1 aromatic carbocycles. The van der Waals surface area contributed by atoms with E-state index in [9.17, 15) is 0 Å². The van der Waals surface area contributed by atoms with Gasteiger partial charge in [0.15, 0.2) is 11.5 Å². The number of hydrogen-bond acceptors (Lipinski definition) is 5. The molecule has 6 heteroatoms. The van der Waals surface area contributed by atoms with Crippen molar-refractivity contribution >= 4 is 22.8 Å². The molecule has 0 bridgehead atoms. The van der Waals surface area contributed by atoms with E-state index in [2.05, 4.69) is 68.3 Å². The van der Waals surface area contributed by atoms with E-state index in [1.54, 1.807) is 11.3 Å². The van der Waals surface area contributed by atoms with Crippen molar-refractivity contribution in [1.82, 2.24) is 19.8 Å². The van der Waals surface area contributed by atoms with Crippen LogP contribution in [0.3, 0.4) is 0 Å². The Labute approximate surface area is 162 Å². The standard InChI is InChI=1S/C21H21N5S/c1-2-5-16(6-3-1)8-9-18-7-4-13-25(18)20-11-10-19-22-23-21(26(19)24-20)17-12-14-27-15-17/h1-3,5-6,10-12,14-15,18H,4,7-9,13H2. The predicted molar refractivity (Wildman–Crippen MR) is 109 cm³/mol. The third kappa shape index (κ3) is 3.21. The number of aromatic nitrogens is 4. The average Bonchev–Trinajstić information content (AvgIpc) is 3.46. The monoisotopic (exact) mass is 375 g/mol. The summed E-state index contributed by atoms with van der Waals surface area (Å²) in [6.45, 7) is 1.06. The fourth-order valence-electron chi connectivity index (χ4n) is 3.92. The van der Waals surface area contributed by atoms with E-state index in [0.29, 0.717) is 6.04 Å². The van der Waals surface area contributed by atoms with Gasteiger partial charge in [0, 0.05) is 23.5 Å². The van der Waals surface area contributed by atoms with Gasteiger partial charge in [-0.2, -0.15) is 15.9 Å². The van der Waals surface area contributed by atoms with Gasteiger partial charge >= 0.3 is 0 Å². The molecule has 0 saturated carbocycles. The third-order valence-corrected chi connectivity index (χ3v) is 5.99. The average molecular weight is 376 g/mol. The molecule has 136 valence electrons. The number of benzene rings is 1. The van der Waals surface area contributed by atoms with Crippen LogP contribution in [0, 0.1) is 0 Å². The Morgan fingerprint density at radius 1 is 1.04 bits per heavy atom. The summed E-state index contributed by atoms with van der Waals surface area (Å²) < 4.78 is 1.88. The molecule has 1 saturated heterocycles. The molecule has 1 aliphatic heterocycles. The minimum atomic E-state index is 0.538. The lowest BCUT2D eigenvalue weighted by atomic mass is 10.0.